The molecule has 3 N–H and O–H groups in total. The highest BCUT2D eigenvalue weighted by Gasteiger charge is 2.28. The van der Waals surface area contributed by atoms with Crippen LogP contribution in [0.2, 0.25) is 0 Å². The van der Waals surface area contributed by atoms with Crippen LogP contribution in [0.15, 0.2) is 24.3 Å². The van der Waals surface area contributed by atoms with E-state index in [9.17, 15) is 9.59 Å². The molecule has 2 amide bonds. The number of hydrogen-bond donors (Lipinski definition) is 2. The number of rotatable bonds is 4. The number of fused-ring (bicyclic) bond motifs is 3. The van der Waals surface area contributed by atoms with Gasteiger partial charge in [0.2, 0.25) is 17.8 Å². The number of aromatic nitrogens is 2. The molecule has 0 aliphatic carbocycles. The highest BCUT2D eigenvalue weighted by Crippen LogP contribution is 2.26. The Labute approximate surface area is 146 Å². The number of carbonyl (C=O) groups excluding carboxylic acids is 2. The molecule has 1 aliphatic rings. The fourth-order valence-electron chi connectivity index (χ4n) is 2.70. The molecule has 0 fully saturated rings. The number of nitrogens with one attached hydrogen (secondary N) is 1. The molecule has 0 spiro atoms. The lowest BCUT2D eigenvalue weighted by atomic mass is 10.1. The van der Waals surface area contributed by atoms with E-state index in [1.807, 2.05) is 42.7 Å². The van der Waals surface area contributed by atoms with E-state index in [-0.39, 0.29) is 36.7 Å². The number of para-hydroxylation sites is 2. The Kier molecular flexibility index (Phi) is 5.46. The number of halogens is 1. The third-order valence-corrected chi connectivity index (χ3v) is 4.16. The van der Waals surface area contributed by atoms with E-state index >= 15 is 0 Å². The van der Waals surface area contributed by atoms with Gasteiger partial charge >= 0.3 is 0 Å². The van der Waals surface area contributed by atoms with Crippen LogP contribution < -0.4 is 16.0 Å². The van der Waals surface area contributed by atoms with Crippen molar-refractivity contribution >= 4 is 41.2 Å². The fraction of sp³-hybridized carbons (Fsp3) is 0.438. The highest BCUT2D eigenvalue weighted by molar-refractivity contribution is 5.98. The molecule has 7 nitrogen and oxygen atoms in total. The maximum absolute atomic E-state index is 12.4. The smallest absolute Gasteiger partial charge is 0.248 e. The molecule has 1 aliphatic heterocycles. The highest BCUT2D eigenvalue weighted by atomic mass is 35.5. The molecule has 2 aromatic rings. The Morgan fingerprint density at radius 1 is 1.29 bits per heavy atom. The molecule has 0 saturated carbocycles. The van der Waals surface area contributed by atoms with Crippen molar-refractivity contribution in [2.24, 2.45) is 11.7 Å². The Morgan fingerprint density at radius 3 is 2.71 bits per heavy atom. The Hall–Kier alpha value is -2.12. The molecule has 0 saturated heterocycles. The quantitative estimate of drug-likeness (QED) is 0.856. The van der Waals surface area contributed by atoms with Crippen LogP contribution in [0.5, 0.6) is 0 Å². The summed E-state index contributed by atoms with van der Waals surface area (Å²) in [5.74, 6) is 0.184. The number of anilines is 1. The van der Waals surface area contributed by atoms with E-state index in [1.54, 1.807) is 4.90 Å². The monoisotopic (exact) mass is 351 g/mol. The van der Waals surface area contributed by atoms with Crippen LogP contribution in [-0.4, -0.2) is 40.5 Å². The molecule has 3 rings (SSSR count). The van der Waals surface area contributed by atoms with Gasteiger partial charge in [0.05, 0.1) is 23.6 Å². The summed E-state index contributed by atoms with van der Waals surface area (Å²) in [6, 6.07) is 7.18. The maximum Gasteiger partial charge on any atom is 0.248 e. The third kappa shape index (κ3) is 3.22. The number of nitrogens with two attached hydrogens (primary N) is 1. The van der Waals surface area contributed by atoms with Crippen molar-refractivity contribution in [2.75, 3.05) is 18.0 Å². The first-order chi connectivity index (χ1) is 11.0. The van der Waals surface area contributed by atoms with Crippen LogP contribution in [-0.2, 0) is 16.1 Å². The van der Waals surface area contributed by atoms with Crippen molar-refractivity contribution in [3.8, 4) is 0 Å². The molecule has 1 aromatic carbocycles. The molecule has 2 heterocycles. The average Bonchev–Trinajstić information content (AvgIpc) is 3.10. The summed E-state index contributed by atoms with van der Waals surface area (Å²) in [6.07, 6.45) is 0. The van der Waals surface area contributed by atoms with Gasteiger partial charge in [0.1, 0.15) is 0 Å². The summed E-state index contributed by atoms with van der Waals surface area (Å²) in [6.45, 7) is 4.95. The van der Waals surface area contributed by atoms with Crippen LogP contribution in [0.1, 0.15) is 13.8 Å². The summed E-state index contributed by atoms with van der Waals surface area (Å²) in [4.78, 5) is 30.4. The van der Waals surface area contributed by atoms with Gasteiger partial charge in [0, 0.05) is 13.1 Å². The molecule has 8 heteroatoms. The lowest BCUT2D eigenvalue weighted by molar-refractivity contribution is -0.126. The molecular weight excluding hydrogens is 330 g/mol. The van der Waals surface area contributed by atoms with Crippen molar-refractivity contribution in [3.63, 3.8) is 0 Å². The number of amides is 2. The largest absolute Gasteiger partial charge is 0.346 e. The van der Waals surface area contributed by atoms with Crippen molar-refractivity contribution in [1.82, 2.24) is 14.9 Å². The van der Waals surface area contributed by atoms with Gasteiger partial charge in [-0.15, -0.1) is 12.4 Å². The van der Waals surface area contributed by atoms with Crippen LogP contribution >= 0.6 is 12.4 Å². The van der Waals surface area contributed by atoms with Gasteiger partial charge in [-0.25, -0.2) is 4.98 Å². The summed E-state index contributed by atoms with van der Waals surface area (Å²) in [5, 5.41) is 2.61. The van der Waals surface area contributed by atoms with Crippen molar-refractivity contribution in [1.29, 1.82) is 0 Å². The second kappa shape index (κ2) is 7.19. The third-order valence-electron chi connectivity index (χ3n) is 4.16. The maximum atomic E-state index is 12.4. The number of carbonyl (C=O) groups is 2. The van der Waals surface area contributed by atoms with Gasteiger partial charge in [-0.1, -0.05) is 26.0 Å². The van der Waals surface area contributed by atoms with Gasteiger partial charge in [0.15, 0.2) is 0 Å². The number of hydrogen-bond acceptors (Lipinski definition) is 4. The van der Waals surface area contributed by atoms with Crippen molar-refractivity contribution < 1.29 is 9.59 Å². The average molecular weight is 352 g/mol. The van der Waals surface area contributed by atoms with E-state index in [0.29, 0.717) is 19.0 Å². The van der Waals surface area contributed by atoms with Crippen LogP contribution in [0, 0.1) is 5.92 Å². The fourth-order valence-corrected chi connectivity index (χ4v) is 2.70. The SMILES string of the molecule is CC(C)[C@H](N)C(=O)NCC(=O)N1CCn2c1nc1ccccc12.Cl. The minimum atomic E-state index is -0.606. The van der Waals surface area contributed by atoms with Gasteiger partial charge in [-0.05, 0) is 18.1 Å². The van der Waals surface area contributed by atoms with Crippen molar-refractivity contribution in [2.45, 2.75) is 26.4 Å². The zero-order valence-electron chi connectivity index (χ0n) is 13.7. The number of nitrogens with zero attached hydrogens (tertiary/aromatic N) is 3. The van der Waals surface area contributed by atoms with E-state index in [2.05, 4.69) is 10.3 Å². The standard InChI is InChI=1S/C16H21N5O2.ClH/c1-10(2)14(17)15(23)18-9-13(22)21-8-7-20-12-6-4-3-5-11(12)19-16(20)21;/h3-6,10,14H,7-9,17H2,1-2H3,(H,18,23);1H/t14-;/m0./s1. The van der Waals surface area contributed by atoms with Gasteiger partial charge in [-0.2, -0.15) is 0 Å². The zero-order valence-corrected chi connectivity index (χ0v) is 14.5. The Bertz CT molecular complexity index is 758. The van der Waals surface area contributed by atoms with E-state index in [0.717, 1.165) is 11.0 Å². The predicted molar refractivity (Wildman–Crippen MR) is 95.2 cm³/mol. The predicted octanol–water partition coefficient (Wildman–Crippen LogP) is 0.904. The first kappa shape index (κ1) is 18.2. The first-order valence-electron chi connectivity index (χ1n) is 7.78. The molecule has 0 radical (unpaired) electrons. The van der Waals surface area contributed by atoms with Gasteiger partial charge in [-0.3, -0.25) is 14.5 Å². The minimum Gasteiger partial charge on any atom is -0.346 e. The van der Waals surface area contributed by atoms with Crippen LogP contribution in [0.25, 0.3) is 11.0 Å². The van der Waals surface area contributed by atoms with Crippen LogP contribution in [0.3, 0.4) is 0 Å². The number of imidazole rings is 1. The number of benzene rings is 1. The second-order valence-corrected chi connectivity index (χ2v) is 6.09. The van der Waals surface area contributed by atoms with E-state index in [1.165, 1.54) is 0 Å². The molecular formula is C16H22ClN5O2. The summed E-state index contributed by atoms with van der Waals surface area (Å²) >= 11 is 0. The lowest BCUT2D eigenvalue weighted by Crippen LogP contribution is -2.47. The lowest BCUT2D eigenvalue weighted by Gasteiger charge is -2.17. The van der Waals surface area contributed by atoms with E-state index in [4.69, 9.17) is 5.73 Å². The molecule has 0 unspecified atom stereocenters. The topological polar surface area (TPSA) is 93.2 Å². The summed E-state index contributed by atoms with van der Waals surface area (Å²) < 4.78 is 2.02. The minimum absolute atomic E-state index is 0. The van der Waals surface area contributed by atoms with Gasteiger partial charge in [0.25, 0.3) is 0 Å². The molecule has 1 atom stereocenters. The van der Waals surface area contributed by atoms with Gasteiger partial charge < -0.3 is 15.6 Å². The Morgan fingerprint density at radius 2 is 2.00 bits per heavy atom. The second-order valence-electron chi connectivity index (χ2n) is 6.09. The normalized spacial score (nSPS) is 14.4. The molecule has 0 bridgehead atoms. The molecule has 1 aromatic heterocycles. The zero-order chi connectivity index (χ0) is 16.6. The summed E-state index contributed by atoms with van der Waals surface area (Å²) in [5.41, 5.74) is 7.66. The van der Waals surface area contributed by atoms with Crippen LogP contribution in [0.4, 0.5) is 5.95 Å². The Balaban J connectivity index is 0.00000208. The van der Waals surface area contributed by atoms with Crippen molar-refractivity contribution in [3.05, 3.63) is 24.3 Å². The molecule has 130 valence electrons. The molecule has 24 heavy (non-hydrogen) atoms. The van der Waals surface area contributed by atoms with E-state index < -0.39 is 6.04 Å². The summed E-state index contributed by atoms with van der Waals surface area (Å²) in [7, 11) is 0. The first-order valence-corrected chi connectivity index (χ1v) is 7.78.